The van der Waals surface area contributed by atoms with Gasteiger partial charge >= 0.3 is 0 Å². The summed E-state index contributed by atoms with van der Waals surface area (Å²) in [6.07, 6.45) is 4.01. The van der Waals surface area contributed by atoms with E-state index in [2.05, 4.69) is 22.3 Å². The number of nitrogens with one attached hydrogen (secondary N) is 1. The number of nitrogens with zero attached hydrogens (tertiary/aromatic N) is 3. The Kier molecular flexibility index (Phi) is 4.83. The summed E-state index contributed by atoms with van der Waals surface area (Å²) < 4.78 is 1.73. The molecule has 0 saturated carbocycles. The summed E-state index contributed by atoms with van der Waals surface area (Å²) in [5.41, 5.74) is 2.13. The maximum atomic E-state index is 12.7. The number of carbonyl (C=O) groups excluding carboxylic acids is 1. The molecule has 2 heterocycles. The second-order valence-electron chi connectivity index (χ2n) is 5.18. The lowest BCUT2D eigenvalue weighted by atomic mass is 10.1. The number of rotatable bonds is 6. The van der Waals surface area contributed by atoms with E-state index in [-0.39, 0.29) is 11.9 Å². The summed E-state index contributed by atoms with van der Waals surface area (Å²) in [4.78, 5) is 17.4. The van der Waals surface area contributed by atoms with Crippen molar-refractivity contribution in [2.75, 3.05) is 0 Å². The fourth-order valence-corrected chi connectivity index (χ4v) is 3.37. The van der Waals surface area contributed by atoms with Crippen LogP contribution in [-0.2, 0) is 13.0 Å². The van der Waals surface area contributed by atoms with Crippen LogP contribution in [0.25, 0.3) is 0 Å². The minimum absolute atomic E-state index is 0.0363. The molecule has 0 aliphatic heterocycles. The monoisotopic (exact) mass is 326 g/mol. The quantitative estimate of drug-likeness (QED) is 0.757. The first-order chi connectivity index (χ1) is 11.3. The van der Waals surface area contributed by atoms with Crippen molar-refractivity contribution >= 4 is 17.2 Å². The van der Waals surface area contributed by atoms with E-state index >= 15 is 0 Å². The van der Waals surface area contributed by atoms with E-state index in [0.717, 1.165) is 22.4 Å². The molecule has 0 bridgehead atoms. The van der Waals surface area contributed by atoms with Gasteiger partial charge in [-0.1, -0.05) is 37.3 Å². The van der Waals surface area contributed by atoms with Crippen molar-refractivity contribution in [2.45, 2.75) is 25.9 Å². The van der Waals surface area contributed by atoms with Crippen molar-refractivity contribution in [1.82, 2.24) is 20.1 Å². The zero-order valence-corrected chi connectivity index (χ0v) is 13.7. The summed E-state index contributed by atoms with van der Waals surface area (Å²) >= 11 is 1.48. The van der Waals surface area contributed by atoms with Gasteiger partial charge in [0.15, 0.2) is 0 Å². The Labute approximate surface area is 139 Å². The maximum absolute atomic E-state index is 12.7. The van der Waals surface area contributed by atoms with Crippen LogP contribution in [0.3, 0.4) is 0 Å². The molecule has 23 heavy (non-hydrogen) atoms. The number of aromatic nitrogens is 3. The predicted octanol–water partition coefficient (Wildman–Crippen LogP) is 3.07. The second-order valence-corrected chi connectivity index (χ2v) is 6.10. The van der Waals surface area contributed by atoms with Gasteiger partial charge in [-0.3, -0.25) is 9.48 Å². The highest BCUT2D eigenvalue weighted by Gasteiger charge is 2.19. The molecule has 0 unspecified atom stereocenters. The first kappa shape index (κ1) is 15.4. The highest BCUT2D eigenvalue weighted by Crippen LogP contribution is 2.20. The molecule has 0 saturated heterocycles. The van der Waals surface area contributed by atoms with Crippen LogP contribution >= 0.6 is 11.3 Å². The molecule has 0 spiro atoms. The third kappa shape index (κ3) is 3.65. The number of aryl methyl sites for hydroxylation is 1. The van der Waals surface area contributed by atoms with E-state index < -0.39 is 0 Å². The number of carbonyl (C=O) groups is 1. The molecule has 0 aliphatic carbocycles. The van der Waals surface area contributed by atoms with Crippen molar-refractivity contribution in [3.63, 3.8) is 0 Å². The molecule has 0 fully saturated rings. The highest BCUT2D eigenvalue weighted by atomic mass is 32.1. The number of amides is 1. The van der Waals surface area contributed by atoms with E-state index in [1.54, 1.807) is 11.0 Å². The van der Waals surface area contributed by atoms with Gasteiger partial charge in [-0.25, -0.2) is 4.98 Å². The Bertz CT molecular complexity index is 752. The lowest BCUT2D eigenvalue weighted by molar-refractivity contribution is 0.0935. The smallest absolute Gasteiger partial charge is 0.262 e. The Hall–Kier alpha value is -2.47. The van der Waals surface area contributed by atoms with Gasteiger partial charge in [0.2, 0.25) is 0 Å². The molecule has 3 aromatic rings. The topological polar surface area (TPSA) is 59.8 Å². The average molecular weight is 326 g/mol. The molecule has 2 aromatic heterocycles. The third-order valence-electron chi connectivity index (χ3n) is 3.68. The van der Waals surface area contributed by atoms with Gasteiger partial charge in [0, 0.05) is 0 Å². The number of hydrogen-bond acceptors (Lipinski definition) is 4. The molecule has 1 aromatic carbocycles. The fourth-order valence-electron chi connectivity index (χ4n) is 2.47. The second kappa shape index (κ2) is 7.19. The Balaban J connectivity index is 1.82. The van der Waals surface area contributed by atoms with Crippen molar-refractivity contribution in [3.8, 4) is 0 Å². The van der Waals surface area contributed by atoms with Crippen LogP contribution in [0.1, 0.15) is 33.8 Å². The van der Waals surface area contributed by atoms with E-state index in [1.165, 1.54) is 17.7 Å². The van der Waals surface area contributed by atoms with Crippen LogP contribution in [0.2, 0.25) is 0 Å². The molecule has 3 rings (SSSR count). The van der Waals surface area contributed by atoms with Gasteiger partial charge in [-0.05, 0) is 29.0 Å². The summed E-state index contributed by atoms with van der Waals surface area (Å²) in [5.74, 6) is -0.0363. The zero-order chi connectivity index (χ0) is 16.1. The van der Waals surface area contributed by atoms with Gasteiger partial charge in [0.05, 0.1) is 17.5 Å². The van der Waals surface area contributed by atoms with Gasteiger partial charge in [0.1, 0.15) is 12.7 Å². The van der Waals surface area contributed by atoms with Crippen molar-refractivity contribution < 1.29 is 4.79 Å². The number of hydrogen-bond donors (Lipinski definition) is 1. The van der Waals surface area contributed by atoms with Crippen LogP contribution in [0.4, 0.5) is 0 Å². The molecule has 1 N–H and O–H groups in total. The van der Waals surface area contributed by atoms with Crippen LogP contribution in [0.5, 0.6) is 0 Å². The van der Waals surface area contributed by atoms with Gasteiger partial charge in [0.25, 0.3) is 5.91 Å². The molecule has 1 atom stereocenters. The molecule has 6 heteroatoms. The lowest BCUT2D eigenvalue weighted by Gasteiger charge is -2.19. The minimum Gasteiger partial charge on any atom is -0.343 e. The van der Waals surface area contributed by atoms with Gasteiger partial charge in [-0.2, -0.15) is 5.10 Å². The third-order valence-corrected chi connectivity index (χ3v) is 4.63. The van der Waals surface area contributed by atoms with Gasteiger partial charge < -0.3 is 5.32 Å². The average Bonchev–Trinajstić information content (AvgIpc) is 3.26. The summed E-state index contributed by atoms with van der Waals surface area (Å²) in [6, 6.07) is 11.8. The number of benzene rings is 1. The first-order valence-electron chi connectivity index (χ1n) is 7.52. The molecule has 1 amide bonds. The summed E-state index contributed by atoms with van der Waals surface area (Å²) in [6.45, 7) is 2.60. The lowest BCUT2D eigenvalue weighted by Crippen LogP contribution is -2.31. The van der Waals surface area contributed by atoms with Crippen LogP contribution in [0.15, 0.2) is 54.4 Å². The summed E-state index contributed by atoms with van der Waals surface area (Å²) in [7, 11) is 0. The fraction of sp³-hybridized carbons (Fsp3) is 0.235. The SMILES string of the molecule is CCc1ccsc1C(=O)N[C@H](Cn1cncn1)c1ccccc1. The molecular formula is C17H18N4OS. The van der Waals surface area contributed by atoms with Crippen LogP contribution < -0.4 is 5.32 Å². The normalized spacial score (nSPS) is 12.0. The standard InChI is InChI=1S/C17H18N4OS/c1-2-13-8-9-23-16(13)17(22)20-15(10-21-12-18-11-19-21)14-6-4-3-5-7-14/h3-9,11-12,15H,2,10H2,1H3,(H,20,22)/t15-/m1/s1. The minimum atomic E-state index is -0.155. The molecule has 5 nitrogen and oxygen atoms in total. The molecular weight excluding hydrogens is 308 g/mol. The van der Waals surface area contributed by atoms with E-state index in [9.17, 15) is 4.79 Å². The van der Waals surface area contributed by atoms with Crippen molar-refractivity contribution in [2.24, 2.45) is 0 Å². The largest absolute Gasteiger partial charge is 0.343 e. The molecule has 0 radical (unpaired) electrons. The van der Waals surface area contributed by atoms with Crippen LogP contribution in [0, 0.1) is 0 Å². The first-order valence-corrected chi connectivity index (χ1v) is 8.40. The van der Waals surface area contributed by atoms with E-state index in [0.29, 0.717) is 6.54 Å². The Morgan fingerprint density at radius 1 is 1.30 bits per heavy atom. The van der Waals surface area contributed by atoms with Crippen LogP contribution in [-0.4, -0.2) is 20.7 Å². The van der Waals surface area contributed by atoms with E-state index in [4.69, 9.17) is 0 Å². The zero-order valence-electron chi connectivity index (χ0n) is 12.8. The number of thiophene rings is 1. The predicted molar refractivity (Wildman–Crippen MR) is 90.4 cm³/mol. The van der Waals surface area contributed by atoms with E-state index in [1.807, 2.05) is 41.8 Å². The maximum Gasteiger partial charge on any atom is 0.262 e. The summed E-state index contributed by atoms with van der Waals surface area (Å²) in [5, 5.41) is 9.23. The Morgan fingerprint density at radius 3 is 2.83 bits per heavy atom. The molecule has 118 valence electrons. The van der Waals surface area contributed by atoms with Crippen molar-refractivity contribution in [3.05, 3.63) is 70.4 Å². The molecule has 0 aliphatic rings. The highest BCUT2D eigenvalue weighted by molar-refractivity contribution is 7.12. The Morgan fingerprint density at radius 2 is 2.13 bits per heavy atom. The van der Waals surface area contributed by atoms with Crippen molar-refractivity contribution in [1.29, 1.82) is 0 Å². The van der Waals surface area contributed by atoms with Gasteiger partial charge in [-0.15, -0.1) is 11.3 Å².